The highest BCUT2D eigenvalue weighted by Gasteiger charge is 2.46. The van der Waals surface area contributed by atoms with Crippen molar-refractivity contribution >= 4 is 17.4 Å². The second-order valence-corrected chi connectivity index (χ2v) is 8.17. The molecule has 0 saturated carbocycles. The number of methoxy groups -OCH3 is 1. The number of hydrogen-bond acceptors (Lipinski definition) is 5. The molecule has 2 aromatic carbocycles. The highest BCUT2D eigenvalue weighted by atomic mass is 19.1. The van der Waals surface area contributed by atoms with Crippen molar-refractivity contribution in [3.05, 3.63) is 94.7 Å². The van der Waals surface area contributed by atoms with E-state index in [-0.39, 0.29) is 23.8 Å². The van der Waals surface area contributed by atoms with Crippen molar-refractivity contribution in [1.82, 2.24) is 4.90 Å². The van der Waals surface area contributed by atoms with E-state index in [2.05, 4.69) is 0 Å². The molecule has 1 N–H and O–H groups in total. The normalized spacial score (nSPS) is 17.7. The first-order chi connectivity index (χ1) is 15.8. The van der Waals surface area contributed by atoms with E-state index in [4.69, 9.17) is 9.15 Å². The molecule has 2 heterocycles. The van der Waals surface area contributed by atoms with Crippen molar-refractivity contribution in [2.75, 3.05) is 7.11 Å². The van der Waals surface area contributed by atoms with Crippen LogP contribution in [0.4, 0.5) is 4.39 Å². The highest BCUT2D eigenvalue weighted by Crippen LogP contribution is 2.41. The van der Waals surface area contributed by atoms with Crippen molar-refractivity contribution in [2.24, 2.45) is 0 Å². The Morgan fingerprint density at radius 2 is 1.88 bits per heavy atom. The van der Waals surface area contributed by atoms with Gasteiger partial charge >= 0.3 is 0 Å². The number of furan rings is 1. The summed E-state index contributed by atoms with van der Waals surface area (Å²) in [6.07, 6.45) is 1.48. The molecule has 1 fully saturated rings. The molecule has 4 rings (SSSR count). The van der Waals surface area contributed by atoms with Crippen LogP contribution in [0.5, 0.6) is 5.75 Å². The van der Waals surface area contributed by atoms with Crippen LogP contribution in [0, 0.1) is 5.82 Å². The molecular weight excluding hydrogens is 425 g/mol. The lowest BCUT2D eigenvalue weighted by Crippen LogP contribution is -2.29. The molecule has 6 nitrogen and oxygen atoms in total. The molecule has 3 aromatic rings. The first-order valence-electron chi connectivity index (χ1n) is 10.6. The number of nitrogens with zero attached hydrogens (tertiary/aromatic N) is 1. The Morgan fingerprint density at radius 1 is 1.15 bits per heavy atom. The molecule has 1 unspecified atom stereocenters. The van der Waals surface area contributed by atoms with Crippen molar-refractivity contribution in [2.45, 2.75) is 32.4 Å². The number of aliphatic hydroxyl groups is 1. The van der Waals surface area contributed by atoms with E-state index in [0.29, 0.717) is 22.6 Å². The number of ether oxygens (including phenoxy) is 1. The van der Waals surface area contributed by atoms with Gasteiger partial charge in [0, 0.05) is 5.56 Å². The molecule has 1 aliphatic rings. The summed E-state index contributed by atoms with van der Waals surface area (Å²) < 4.78 is 24.4. The summed E-state index contributed by atoms with van der Waals surface area (Å²) >= 11 is 0. The predicted octanol–water partition coefficient (Wildman–Crippen LogP) is 5.17. The zero-order chi connectivity index (χ0) is 23.7. The van der Waals surface area contributed by atoms with Gasteiger partial charge in [-0.05, 0) is 59.5 Å². The Kier molecular flexibility index (Phi) is 6.05. The van der Waals surface area contributed by atoms with Gasteiger partial charge in [0.2, 0.25) is 0 Å². The average Bonchev–Trinajstić information content (AvgIpc) is 3.41. The summed E-state index contributed by atoms with van der Waals surface area (Å²) in [4.78, 5) is 27.4. The Hall–Kier alpha value is -3.87. The van der Waals surface area contributed by atoms with Gasteiger partial charge in [-0.3, -0.25) is 9.59 Å². The number of Topliss-reactive ketones (excluding diaryl/α,β-unsaturated/α-hetero) is 1. The molecule has 1 saturated heterocycles. The largest absolute Gasteiger partial charge is 0.507 e. The monoisotopic (exact) mass is 449 g/mol. The second kappa shape index (κ2) is 8.94. The maximum atomic E-state index is 13.6. The van der Waals surface area contributed by atoms with Crippen molar-refractivity contribution in [3.63, 3.8) is 0 Å². The summed E-state index contributed by atoms with van der Waals surface area (Å²) in [7, 11) is 1.56. The first-order valence-corrected chi connectivity index (χ1v) is 10.6. The Labute approximate surface area is 190 Å². The van der Waals surface area contributed by atoms with E-state index >= 15 is 0 Å². The molecule has 1 amide bonds. The van der Waals surface area contributed by atoms with Crippen molar-refractivity contribution in [1.29, 1.82) is 0 Å². The average molecular weight is 449 g/mol. The van der Waals surface area contributed by atoms with Crippen LogP contribution in [0.15, 0.2) is 70.9 Å². The molecule has 1 aromatic heterocycles. The minimum atomic E-state index is -0.902. The van der Waals surface area contributed by atoms with Gasteiger partial charge in [0.15, 0.2) is 0 Å². The van der Waals surface area contributed by atoms with Crippen LogP contribution in [0.25, 0.3) is 5.76 Å². The SMILES string of the molecule is COc1ccc(/C(O)=C2/C(=O)C(=O)N(Cc3ccco3)C2c2ccc(F)cc2)cc1C(C)C. The van der Waals surface area contributed by atoms with Gasteiger partial charge in [0.25, 0.3) is 11.7 Å². The number of likely N-dealkylation sites (tertiary alicyclic amines) is 1. The maximum absolute atomic E-state index is 13.6. The fraction of sp³-hybridized carbons (Fsp3) is 0.231. The summed E-state index contributed by atoms with van der Waals surface area (Å²) in [6.45, 7) is 4.00. The van der Waals surface area contributed by atoms with Crippen LogP contribution in [-0.2, 0) is 16.1 Å². The third-order valence-electron chi connectivity index (χ3n) is 5.76. The van der Waals surface area contributed by atoms with Gasteiger partial charge < -0.3 is 19.2 Å². The van der Waals surface area contributed by atoms with Crippen LogP contribution in [0.2, 0.25) is 0 Å². The minimum Gasteiger partial charge on any atom is -0.507 e. The molecular formula is C26H24FNO5. The number of carbonyl (C=O) groups is 2. The number of hydrogen-bond donors (Lipinski definition) is 1. The fourth-order valence-electron chi connectivity index (χ4n) is 4.09. The highest BCUT2D eigenvalue weighted by molar-refractivity contribution is 6.46. The van der Waals surface area contributed by atoms with Crippen LogP contribution < -0.4 is 4.74 Å². The number of rotatable bonds is 6. The number of carbonyl (C=O) groups excluding carboxylic acids is 2. The maximum Gasteiger partial charge on any atom is 0.296 e. The Bertz CT molecular complexity index is 1210. The number of benzene rings is 2. The first kappa shape index (κ1) is 22.3. The van der Waals surface area contributed by atoms with Gasteiger partial charge in [-0.2, -0.15) is 0 Å². The molecule has 0 bridgehead atoms. The van der Waals surface area contributed by atoms with Gasteiger partial charge in [0.05, 0.1) is 31.5 Å². The molecule has 0 radical (unpaired) electrons. The van der Waals surface area contributed by atoms with Gasteiger partial charge in [-0.15, -0.1) is 0 Å². The molecule has 1 aliphatic heterocycles. The summed E-state index contributed by atoms with van der Waals surface area (Å²) in [6, 6.07) is 13.1. The fourth-order valence-corrected chi connectivity index (χ4v) is 4.09. The molecule has 0 spiro atoms. The van der Waals surface area contributed by atoms with Crippen LogP contribution >= 0.6 is 0 Å². The Balaban J connectivity index is 1.87. The minimum absolute atomic E-state index is 0.0241. The van der Waals surface area contributed by atoms with Gasteiger partial charge in [0.1, 0.15) is 23.1 Å². The van der Waals surface area contributed by atoms with E-state index in [1.165, 1.54) is 35.4 Å². The Morgan fingerprint density at radius 3 is 2.48 bits per heavy atom. The van der Waals surface area contributed by atoms with Gasteiger partial charge in [-0.25, -0.2) is 4.39 Å². The van der Waals surface area contributed by atoms with Crippen molar-refractivity contribution < 1.29 is 28.2 Å². The lowest BCUT2D eigenvalue weighted by molar-refractivity contribution is -0.140. The smallest absolute Gasteiger partial charge is 0.296 e. The molecule has 33 heavy (non-hydrogen) atoms. The molecule has 7 heteroatoms. The number of ketones is 1. The van der Waals surface area contributed by atoms with Gasteiger partial charge in [-0.1, -0.05) is 26.0 Å². The van der Waals surface area contributed by atoms with E-state index in [1.54, 1.807) is 37.4 Å². The predicted molar refractivity (Wildman–Crippen MR) is 120 cm³/mol. The third kappa shape index (κ3) is 4.14. The van der Waals surface area contributed by atoms with Crippen LogP contribution in [-0.4, -0.2) is 28.8 Å². The quantitative estimate of drug-likeness (QED) is 0.319. The second-order valence-electron chi connectivity index (χ2n) is 8.17. The van der Waals surface area contributed by atoms with Crippen LogP contribution in [0.3, 0.4) is 0 Å². The van der Waals surface area contributed by atoms with E-state index in [9.17, 15) is 19.1 Å². The topological polar surface area (TPSA) is 80.0 Å². The number of amides is 1. The lowest BCUT2D eigenvalue weighted by atomic mass is 9.93. The standard InChI is InChI=1S/C26H24FNO5/c1-15(2)20-13-17(8-11-21(20)32-3)24(29)22-23(16-6-9-18(27)10-7-16)28(26(31)25(22)30)14-19-5-4-12-33-19/h4-13,15,23,29H,14H2,1-3H3/b24-22-. The zero-order valence-corrected chi connectivity index (χ0v) is 18.5. The van der Waals surface area contributed by atoms with Crippen LogP contribution in [0.1, 0.15) is 48.3 Å². The molecule has 170 valence electrons. The molecule has 1 atom stereocenters. The third-order valence-corrected chi connectivity index (χ3v) is 5.76. The summed E-state index contributed by atoms with van der Waals surface area (Å²) in [5, 5.41) is 11.3. The number of aliphatic hydroxyl groups excluding tert-OH is 1. The zero-order valence-electron chi connectivity index (χ0n) is 18.5. The lowest BCUT2D eigenvalue weighted by Gasteiger charge is -2.24. The van der Waals surface area contributed by atoms with E-state index < -0.39 is 23.5 Å². The molecule has 0 aliphatic carbocycles. The summed E-state index contributed by atoms with van der Waals surface area (Å²) in [5.74, 6) is -1.07. The van der Waals surface area contributed by atoms with E-state index in [0.717, 1.165) is 5.56 Å². The number of halogens is 1. The van der Waals surface area contributed by atoms with Crippen molar-refractivity contribution in [3.8, 4) is 5.75 Å². The van der Waals surface area contributed by atoms with E-state index in [1.807, 2.05) is 13.8 Å². The summed E-state index contributed by atoms with van der Waals surface area (Å²) in [5.41, 5.74) is 1.69.